The second-order valence-corrected chi connectivity index (χ2v) is 6.53. The summed E-state index contributed by atoms with van der Waals surface area (Å²) in [5.74, 6) is -0.314. The topological polar surface area (TPSA) is 41.6 Å². The third kappa shape index (κ3) is 5.38. The number of carbonyl (C=O) groups excluding carboxylic acids is 1. The SMILES string of the molecule is O=C(CCc1ccccc1F)NCc1ccccc1CN1CCOCC1. The summed E-state index contributed by atoms with van der Waals surface area (Å²) in [6, 6.07) is 14.8. The average Bonchev–Trinajstić information content (AvgIpc) is 2.67. The van der Waals surface area contributed by atoms with Gasteiger partial charge in [0.25, 0.3) is 0 Å². The average molecular weight is 356 g/mol. The van der Waals surface area contributed by atoms with Crippen molar-refractivity contribution < 1.29 is 13.9 Å². The zero-order chi connectivity index (χ0) is 18.2. The maximum absolute atomic E-state index is 13.6. The molecular formula is C21H25FN2O2. The van der Waals surface area contributed by atoms with E-state index < -0.39 is 0 Å². The van der Waals surface area contributed by atoms with Crippen molar-refractivity contribution in [2.75, 3.05) is 26.3 Å². The van der Waals surface area contributed by atoms with Crippen molar-refractivity contribution in [1.82, 2.24) is 10.2 Å². The summed E-state index contributed by atoms with van der Waals surface area (Å²) in [6.45, 7) is 4.78. The molecule has 4 nitrogen and oxygen atoms in total. The van der Waals surface area contributed by atoms with E-state index >= 15 is 0 Å². The van der Waals surface area contributed by atoms with Crippen LogP contribution in [0.1, 0.15) is 23.1 Å². The molecule has 0 unspecified atom stereocenters. The van der Waals surface area contributed by atoms with E-state index in [1.54, 1.807) is 18.2 Å². The molecule has 1 heterocycles. The highest BCUT2D eigenvalue weighted by atomic mass is 19.1. The fourth-order valence-electron chi connectivity index (χ4n) is 3.12. The highest BCUT2D eigenvalue weighted by molar-refractivity contribution is 5.76. The number of hydrogen-bond acceptors (Lipinski definition) is 3. The van der Waals surface area contributed by atoms with Crippen LogP contribution in [0.4, 0.5) is 4.39 Å². The van der Waals surface area contributed by atoms with Crippen molar-refractivity contribution in [3.8, 4) is 0 Å². The zero-order valence-electron chi connectivity index (χ0n) is 14.9. The minimum Gasteiger partial charge on any atom is -0.379 e. The predicted molar refractivity (Wildman–Crippen MR) is 99.1 cm³/mol. The van der Waals surface area contributed by atoms with Crippen LogP contribution in [0.5, 0.6) is 0 Å². The molecule has 1 aliphatic rings. The number of morpholine rings is 1. The van der Waals surface area contributed by atoms with Crippen molar-refractivity contribution in [2.24, 2.45) is 0 Å². The molecule has 1 amide bonds. The summed E-state index contributed by atoms with van der Waals surface area (Å²) < 4.78 is 19.0. The standard InChI is InChI=1S/C21H25FN2O2/c22-20-8-4-3-5-17(20)9-10-21(25)23-15-18-6-1-2-7-19(18)16-24-11-13-26-14-12-24/h1-8H,9-16H2,(H,23,25). The molecule has 0 spiro atoms. The molecule has 0 saturated carbocycles. The monoisotopic (exact) mass is 356 g/mol. The van der Waals surface area contributed by atoms with Gasteiger partial charge in [-0.1, -0.05) is 42.5 Å². The summed E-state index contributed by atoms with van der Waals surface area (Å²) in [5, 5.41) is 2.96. The van der Waals surface area contributed by atoms with E-state index in [0.717, 1.165) is 38.4 Å². The van der Waals surface area contributed by atoms with E-state index in [1.807, 2.05) is 18.2 Å². The molecule has 5 heteroatoms. The van der Waals surface area contributed by atoms with Crippen LogP contribution >= 0.6 is 0 Å². The Morgan fingerprint density at radius 3 is 2.38 bits per heavy atom. The molecule has 0 atom stereocenters. The summed E-state index contributed by atoms with van der Waals surface area (Å²) in [6.07, 6.45) is 0.695. The number of aryl methyl sites for hydroxylation is 1. The predicted octanol–water partition coefficient (Wildman–Crippen LogP) is 2.91. The van der Waals surface area contributed by atoms with E-state index in [4.69, 9.17) is 4.74 Å². The molecule has 1 fully saturated rings. The number of halogens is 1. The van der Waals surface area contributed by atoms with Crippen LogP contribution in [0, 0.1) is 5.82 Å². The lowest BCUT2D eigenvalue weighted by molar-refractivity contribution is -0.121. The first kappa shape index (κ1) is 18.5. The molecule has 1 aliphatic heterocycles. The van der Waals surface area contributed by atoms with Gasteiger partial charge in [0.2, 0.25) is 5.91 Å². The van der Waals surface area contributed by atoms with Crippen LogP contribution in [-0.2, 0) is 29.0 Å². The largest absolute Gasteiger partial charge is 0.379 e. The van der Waals surface area contributed by atoms with Gasteiger partial charge in [0.05, 0.1) is 13.2 Å². The van der Waals surface area contributed by atoms with Gasteiger partial charge in [0.15, 0.2) is 0 Å². The van der Waals surface area contributed by atoms with Gasteiger partial charge in [-0.15, -0.1) is 0 Å². The summed E-state index contributed by atoms with van der Waals surface area (Å²) in [5.41, 5.74) is 2.93. The molecular weight excluding hydrogens is 331 g/mol. The lowest BCUT2D eigenvalue weighted by Crippen LogP contribution is -2.36. The van der Waals surface area contributed by atoms with Gasteiger partial charge in [-0.05, 0) is 29.2 Å². The molecule has 2 aromatic rings. The van der Waals surface area contributed by atoms with Gasteiger partial charge in [-0.25, -0.2) is 4.39 Å². The first-order chi connectivity index (χ1) is 12.7. The lowest BCUT2D eigenvalue weighted by Gasteiger charge is -2.27. The van der Waals surface area contributed by atoms with Gasteiger partial charge >= 0.3 is 0 Å². The summed E-state index contributed by atoms with van der Waals surface area (Å²) >= 11 is 0. The highest BCUT2D eigenvalue weighted by Crippen LogP contribution is 2.13. The smallest absolute Gasteiger partial charge is 0.220 e. The molecule has 1 N–H and O–H groups in total. The van der Waals surface area contributed by atoms with Crippen molar-refractivity contribution in [3.05, 3.63) is 71.0 Å². The molecule has 138 valence electrons. The molecule has 26 heavy (non-hydrogen) atoms. The van der Waals surface area contributed by atoms with E-state index in [9.17, 15) is 9.18 Å². The Hall–Kier alpha value is -2.24. The van der Waals surface area contributed by atoms with Gasteiger partial charge in [0.1, 0.15) is 5.82 Å². The Morgan fingerprint density at radius 1 is 1.00 bits per heavy atom. The van der Waals surface area contributed by atoms with Crippen LogP contribution in [-0.4, -0.2) is 37.1 Å². The van der Waals surface area contributed by atoms with Crippen molar-refractivity contribution in [2.45, 2.75) is 25.9 Å². The number of rotatable bonds is 7. The van der Waals surface area contributed by atoms with E-state index in [1.165, 1.54) is 11.6 Å². The van der Waals surface area contributed by atoms with Gasteiger partial charge in [0, 0.05) is 32.6 Å². The normalized spacial score (nSPS) is 15.0. The van der Waals surface area contributed by atoms with Crippen LogP contribution in [0.15, 0.2) is 48.5 Å². The molecule has 0 radical (unpaired) electrons. The van der Waals surface area contributed by atoms with Gasteiger partial charge < -0.3 is 10.1 Å². The van der Waals surface area contributed by atoms with E-state index in [2.05, 4.69) is 16.3 Å². The second kappa shape index (κ2) is 9.46. The first-order valence-corrected chi connectivity index (χ1v) is 9.09. The van der Waals surface area contributed by atoms with E-state index in [0.29, 0.717) is 18.5 Å². The Kier molecular flexibility index (Phi) is 6.75. The Bertz CT molecular complexity index is 729. The van der Waals surface area contributed by atoms with Crippen molar-refractivity contribution >= 4 is 5.91 Å². The lowest BCUT2D eigenvalue weighted by atomic mass is 10.1. The molecule has 0 aromatic heterocycles. The molecule has 0 aliphatic carbocycles. The number of hydrogen-bond donors (Lipinski definition) is 1. The number of amides is 1. The molecule has 3 rings (SSSR count). The first-order valence-electron chi connectivity index (χ1n) is 9.09. The third-order valence-corrected chi connectivity index (χ3v) is 4.67. The summed E-state index contributed by atoms with van der Waals surface area (Å²) in [4.78, 5) is 14.5. The maximum atomic E-state index is 13.6. The fraction of sp³-hybridized carbons (Fsp3) is 0.381. The third-order valence-electron chi connectivity index (χ3n) is 4.67. The molecule has 2 aromatic carbocycles. The van der Waals surface area contributed by atoms with Gasteiger partial charge in [-0.2, -0.15) is 0 Å². The van der Waals surface area contributed by atoms with Crippen LogP contribution in [0.2, 0.25) is 0 Å². The van der Waals surface area contributed by atoms with Crippen molar-refractivity contribution in [1.29, 1.82) is 0 Å². The zero-order valence-corrected chi connectivity index (χ0v) is 14.9. The number of benzene rings is 2. The minimum absolute atomic E-state index is 0.0607. The maximum Gasteiger partial charge on any atom is 0.220 e. The number of carbonyl (C=O) groups is 1. The molecule has 0 bridgehead atoms. The quantitative estimate of drug-likeness (QED) is 0.829. The minimum atomic E-state index is -0.254. The second-order valence-electron chi connectivity index (χ2n) is 6.53. The Labute approximate surface area is 154 Å². The number of ether oxygens (including phenoxy) is 1. The number of nitrogens with one attached hydrogen (secondary N) is 1. The Morgan fingerprint density at radius 2 is 1.65 bits per heavy atom. The van der Waals surface area contributed by atoms with Crippen LogP contribution in [0.3, 0.4) is 0 Å². The number of nitrogens with zero attached hydrogens (tertiary/aromatic N) is 1. The van der Waals surface area contributed by atoms with Crippen molar-refractivity contribution in [3.63, 3.8) is 0 Å². The molecule has 1 saturated heterocycles. The van der Waals surface area contributed by atoms with Gasteiger partial charge in [-0.3, -0.25) is 9.69 Å². The summed E-state index contributed by atoms with van der Waals surface area (Å²) in [7, 11) is 0. The fourth-order valence-corrected chi connectivity index (χ4v) is 3.12. The van der Waals surface area contributed by atoms with Crippen LogP contribution < -0.4 is 5.32 Å². The Balaban J connectivity index is 1.51. The van der Waals surface area contributed by atoms with E-state index in [-0.39, 0.29) is 18.1 Å². The highest BCUT2D eigenvalue weighted by Gasteiger charge is 2.13. The van der Waals surface area contributed by atoms with Crippen LogP contribution in [0.25, 0.3) is 0 Å².